The van der Waals surface area contributed by atoms with Gasteiger partial charge in [-0.15, -0.1) is 0 Å². The Balaban J connectivity index is 2.18. The first kappa shape index (κ1) is 14.1. The second-order valence-corrected chi connectivity index (χ2v) is 6.38. The predicted molar refractivity (Wildman–Crippen MR) is 87.0 cm³/mol. The monoisotopic (exact) mass is 359 g/mol. The number of carbonyl (C=O) groups is 1. The molecular weight excluding hydrogens is 350 g/mol. The highest BCUT2D eigenvalue weighted by atomic mass is 79.9. The number of para-hydroxylation sites is 1. The molecule has 0 saturated carbocycles. The van der Waals surface area contributed by atoms with Crippen LogP contribution in [0, 0.1) is 0 Å². The summed E-state index contributed by atoms with van der Waals surface area (Å²) in [5, 5.41) is 10.2. The summed E-state index contributed by atoms with van der Waals surface area (Å²) in [5.41, 5.74) is 1.01. The summed E-state index contributed by atoms with van der Waals surface area (Å²) < 4.78 is 0.961. The number of benzene rings is 2. The van der Waals surface area contributed by atoms with E-state index >= 15 is 0 Å². The van der Waals surface area contributed by atoms with E-state index in [1.165, 1.54) is 18.0 Å². The second kappa shape index (κ2) is 5.87. The summed E-state index contributed by atoms with van der Waals surface area (Å²) in [5.74, 6) is -0.967. The van der Waals surface area contributed by atoms with Crippen LogP contribution < -0.4 is 0 Å². The molecule has 0 unspecified atom stereocenters. The lowest BCUT2D eigenvalue weighted by Crippen LogP contribution is -2.00. The maximum atomic E-state index is 11.5. The van der Waals surface area contributed by atoms with Gasteiger partial charge in [-0.25, -0.2) is 4.79 Å². The summed E-state index contributed by atoms with van der Waals surface area (Å²) in [6, 6.07) is 15.3. The minimum absolute atomic E-state index is 0.221. The van der Waals surface area contributed by atoms with E-state index in [9.17, 15) is 9.90 Å². The zero-order valence-corrected chi connectivity index (χ0v) is 13.2. The van der Waals surface area contributed by atoms with Gasteiger partial charge < -0.3 is 5.11 Å². The van der Waals surface area contributed by atoms with Crippen molar-refractivity contribution < 1.29 is 9.90 Å². The van der Waals surface area contributed by atoms with Crippen molar-refractivity contribution in [2.24, 2.45) is 0 Å². The molecule has 5 heteroatoms. The Labute approximate surface area is 134 Å². The van der Waals surface area contributed by atoms with Crippen molar-refractivity contribution in [3.8, 4) is 0 Å². The van der Waals surface area contributed by atoms with E-state index in [0.29, 0.717) is 4.90 Å². The van der Waals surface area contributed by atoms with Gasteiger partial charge in [0.1, 0.15) is 0 Å². The molecule has 0 atom stereocenters. The Bertz CT molecular complexity index is 835. The number of hydrogen-bond acceptors (Lipinski definition) is 3. The van der Waals surface area contributed by atoms with Gasteiger partial charge in [-0.2, -0.15) is 0 Å². The minimum atomic E-state index is -0.967. The number of carboxylic acids is 1. The third-order valence-corrected chi connectivity index (χ3v) is 4.60. The first-order valence-electron chi connectivity index (χ1n) is 6.19. The minimum Gasteiger partial charge on any atom is -0.478 e. The summed E-state index contributed by atoms with van der Waals surface area (Å²) in [4.78, 5) is 17.4. The van der Waals surface area contributed by atoms with Crippen LogP contribution in [0.1, 0.15) is 10.4 Å². The molecule has 2 aromatic carbocycles. The Kier molecular flexibility index (Phi) is 3.94. The van der Waals surface area contributed by atoms with Gasteiger partial charge in [-0.05, 0) is 24.3 Å². The maximum absolute atomic E-state index is 11.5. The molecule has 1 N–H and O–H groups in total. The molecule has 0 aliphatic carbocycles. The van der Waals surface area contributed by atoms with Crippen molar-refractivity contribution in [2.75, 3.05) is 0 Å². The fraction of sp³-hybridized carbons (Fsp3) is 0. The third kappa shape index (κ3) is 2.94. The van der Waals surface area contributed by atoms with Gasteiger partial charge in [0.2, 0.25) is 0 Å². The van der Waals surface area contributed by atoms with Crippen molar-refractivity contribution >= 4 is 44.6 Å². The highest BCUT2D eigenvalue weighted by molar-refractivity contribution is 9.10. The van der Waals surface area contributed by atoms with E-state index in [0.717, 1.165) is 20.3 Å². The number of aromatic carboxylic acids is 1. The Hall–Kier alpha value is -1.85. The van der Waals surface area contributed by atoms with Crippen molar-refractivity contribution in [3.05, 3.63) is 64.8 Å². The number of fused-ring (bicyclic) bond motifs is 1. The number of rotatable bonds is 3. The number of aromatic nitrogens is 1. The molecule has 0 aliphatic rings. The van der Waals surface area contributed by atoms with Gasteiger partial charge in [-0.3, -0.25) is 4.98 Å². The van der Waals surface area contributed by atoms with Crippen LogP contribution in [0.5, 0.6) is 0 Å². The van der Waals surface area contributed by atoms with E-state index in [2.05, 4.69) is 20.9 Å². The van der Waals surface area contributed by atoms with Crippen LogP contribution in [0.25, 0.3) is 10.9 Å². The smallest absolute Gasteiger partial charge is 0.338 e. The summed E-state index contributed by atoms with van der Waals surface area (Å²) in [6.07, 6.45) is 1.42. The first-order valence-corrected chi connectivity index (χ1v) is 7.80. The number of carboxylic acid groups (broad SMARTS) is 1. The molecule has 0 aliphatic heterocycles. The number of halogens is 1. The standard InChI is InChI=1S/C16H10BrNO2S/c17-10-4-3-5-11(8-10)21-15-12-6-1-2-7-14(12)18-9-13(15)16(19)20/h1-9H,(H,19,20). The zero-order chi connectivity index (χ0) is 14.8. The topological polar surface area (TPSA) is 50.2 Å². The quantitative estimate of drug-likeness (QED) is 0.726. The van der Waals surface area contributed by atoms with Crippen LogP contribution in [0.4, 0.5) is 0 Å². The number of nitrogens with zero attached hydrogens (tertiary/aromatic N) is 1. The van der Waals surface area contributed by atoms with Crippen LogP contribution in [0.2, 0.25) is 0 Å². The third-order valence-electron chi connectivity index (χ3n) is 2.97. The lowest BCUT2D eigenvalue weighted by molar-refractivity contribution is 0.0693. The molecule has 0 radical (unpaired) electrons. The van der Waals surface area contributed by atoms with E-state index in [4.69, 9.17) is 0 Å². The molecule has 0 bridgehead atoms. The molecule has 0 spiro atoms. The normalized spacial score (nSPS) is 10.7. The van der Waals surface area contributed by atoms with Crippen molar-refractivity contribution in [1.82, 2.24) is 4.98 Å². The summed E-state index contributed by atoms with van der Waals surface area (Å²) in [6.45, 7) is 0. The molecule has 3 aromatic rings. The average Bonchev–Trinajstić information content (AvgIpc) is 2.47. The Morgan fingerprint density at radius 3 is 2.71 bits per heavy atom. The number of hydrogen-bond donors (Lipinski definition) is 1. The van der Waals surface area contributed by atoms with Gasteiger partial charge in [0, 0.05) is 25.8 Å². The molecule has 21 heavy (non-hydrogen) atoms. The molecule has 104 valence electrons. The van der Waals surface area contributed by atoms with Gasteiger partial charge in [0.05, 0.1) is 11.1 Å². The van der Waals surface area contributed by atoms with Crippen molar-refractivity contribution in [1.29, 1.82) is 0 Å². The molecule has 0 amide bonds. The average molecular weight is 360 g/mol. The van der Waals surface area contributed by atoms with Crippen LogP contribution in [0.3, 0.4) is 0 Å². The number of pyridine rings is 1. The van der Waals surface area contributed by atoms with Gasteiger partial charge in [-0.1, -0.05) is 52.0 Å². The van der Waals surface area contributed by atoms with E-state index in [1.807, 2.05) is 48.5 Å². The van der Waals surface area contributed by atoms with E-state index in [-0.39, 0.29) is 5.56 Å². The van der Waals surface area contributed by atoms with Gasteiger partial charge >= 0.3 is 5.97 Å². The highest BCUT2D eigenvalue weighted by Crippen LogP contribution is 2.36. The van der Waals surface area contributed by atoms with Crippen LogP contribution >= 0.6 is 27.7 Å². The van der Waals surface area contributed by atoms with Crippen LogP contribution in [0.15, 0.2) is 69.0 Å². The second-order valence-electron chi connectivity index (χ2n) is 4.38. The Morgan fingerprint density at radius 2 is 1.95 bits per heavy atom. The molecule has 0 fully saturated rings. The van der Waals surface area contributed by atoms with Gasteiger partial charge in [0.25, 0.3) is 0 Å². The van der Waals surface area contributed by atoms with Crippen LogP contribution in [-0.2, 0) is 0 Å². The predicted octanol–water partition coefficient (Wildman–Crippen LogP) is 4.85. The van der Waals surface area contributed by atoms with E-state index < -0.39 is 5.97 Å². The lowest BCUT2D eigenvalue weighted by atomic mass is 10.1. The summed E-state index contributed by atoms with van der Waals surface area (Å²) in [7, 11) is 0. The highest BCUT2D eigenvalue weighted by Gasteiger charge is 2.15. The molecule has 1 aromatic heterocycles. The van der Waals surface area contributed by atoms with E-state index in [1.54, 1.807) is 0 Å². The summed E-state index contributed by atoms with van der Waals surface area (Å²) >= 11 is 4.87. The molecule has 0 saturated heterocycles. The maximum Gasteiger partial charge on any atom is 0.338 e. The molecular formula is C16H10BrNO2S. The molecule has 1 heterocycles. The largest absolute Gasteiger partial charge is 0.478 e. The van der Waals surface area contributed by atoms with Crippen molar-refractivity contribution in [3.63, 3.8) is 0 Å². The Morgan fingerprint density at radius 1 is 1.14 bits per heavy atom. The molecule has 3 nitrogen and oxygen atoms in total. The first-order chi connectivity index (χ1) is 10.1. The fourth-order valence-electron chi connectivity index (χ4n) is 2.03. The fourth-order valence-corrected chi connectivity index (χ4v) is 3.68. The SMILES string of the molecule is O=C(O)c1cnc2ccccc2c1Sc1cccc(Br)c1. The zero-order valence-electron chi connectivity index (χ0n) is 10.8. The van der Waals surface area contributed by atoms with Crippen LogP contribution in [-0.4, -0.2) is 16.1 Å². The molecule has 3 rings (SSSR count). The van der Waals surface area contributed by atoms with Crippen molar-refractivity contribution in [2.45, 2.75) is 9.79 Å². The lowest BCUT2D eigenvalue weighted by Gasteiger charge is -2.09. The van der Waals surface area contributed by atoms with Gasteiger partial charge in [0.15, 0.2) is 0 Å².